The Balaban J connectivity index is 1.55. The van der Waals surface area contributed by atoms with Gasteiger partial charge in [0.15, 0.2) is 5.11 Å². The lowest BCUT2D eigenvalue weighted by Gasteiger charge is -2.11. The quantitative estimate of drug-likeness (QED) is 0.221. The first-order valence-corrected chi connectivity index (χ1v) is 10.4. The lowest BCUT2D eigenvalue weighted by Crippen LogP contribution is -2.48. The molecule has 3 amide bonds. The van der Waals surface area contributed by atoms with Crippen molar-refractivity contribution in [2.24, 2.45) is 0 Å². The SMILES string of the molecule is O=C(NNC(=S)NC(=O)c1cc([N+](=O)[O-])cc([N+](=O)[O-])c1)c1ccc(NC(=O)c2ccccc2)cc1. The van der Waals surface area contributed by atoms with Crippen LogP contribution in [0.2, 0.25) is 0 Å². The molecule has 0 unspecified atom stereocenters. The minimum absolute atomic E-state index is 0.198. The maximum atomic E-state index is 12.3. The molecule has 3 rings (SSSR count). The van der Waals surface area contributed by atoms with E-state index in [1.54, 1.807) is 30.3 Å². The molecular formula is C22H16N6O7S. The molecule has 0 radical (unpaired) electrons. The second kappa shape index (κ2) is 11.3. The monoisotopic (exact) mass is 508 g/mol. The van der Waals surface area contributed by atoms with Crippen LogP contribution in [0.1, 0.15) is 31.1 Å². The van der Waals surface area contributed by atoms with Crippen LogP contribution in [-0.4, -0.2) is 32.7 Å². The highest BCUT2D eigenvalue weighted by atomic mass is 32.1. The summed E-state index contributed by atoms with van der Waals surface area (Å²) in [5, 5.41) is 26.4. The molecule has 3 aromatic rings. The zero-order chi connectivity index (χ0) is 26.2. The molecule has 0 saturated carbocycles. The number of nitrogens with zero attached hydrogens (tertiary/aromatic N) is 2. The van der Waals surface area contributed by atoms with Gasteiger partial charge >= 0.3 is 0 Å². The van der Waals surface area contributed by atoms with Crippen molar-refractivity contribution in [1.82, 2.24) is 16.2 Å². The van der Waals surface area contributed by atoms with E-state index >= 15 is 0 Å². The van der Waals surface area contributed by atoms with E-state index in [0.29, 0.717) is 17.3 Å². The summed E-state index contributed by atoms with van der Waals surface area (Å²) in [6, 6.07) is 16.9. The van der Waals surface area contributed by atoms with Crippen LogP contribution < -0.4 is 21.5 Å². The van der Waals surface area contributed by atoms with E-state index in [9.17, 15) is 34.6 Å². The van der Waals surface area contributed by atoms with Crippen molar-refractivity contribution in [3.8, 4) is 0 Å². The number of nitro groups is 2. The Labute approximate surface area is 207 Å². The van der Waals surface area contributed by atoms with Crippen LogP contribution in [0, 0.1) is 20.2 Å². The maximum Gasteiger partial charge on any atom is 0.277 e. The van der Waals surface area contributed by atoms with E-state index in [1.165, 1.54) is 24.3 Å². The lowest BCUT2D eigenvalue weighted by atomic mass is 10.1. The summed E-state index contributed by atoms with van der Waals surface area (Å²) >= 11 is 4.91. The Kier molecular flexibility index (Phi) is 7.94. The number of amides is 3. The second-order valence-corrected chi connectivity index (χ2v) is 7.42. The summed E-state index contributed by atoms with van der Waals surface area (Å²) in [6.45, 7) is 0. The van der Waals surface area contributed by atoms with E-state index in [2.05, 4.69) is 21.5 Å². The lowest BCUT2D eigenvalue weighted by molar-refractivity contribution is -0.394. The van der Waals surface area contributed by atoms with Crippen LogP contribution in [0.4, 0.5) is 17.1 Å². The van der Waals surface area contributed by atoms with Crippen LogP contribution in [0.5, 0.6) is 0 Å². The van der Waals surface area contributed by atoms with Crippen molar-refractivity contribution < 1.29 is 24.2 Å². The second-order valence-electron chi connectivity index (χ2n) is 7.01. The van der Waals surface area contributed by atoms with Gasteiger partial charge in [0, 0.05) is 28.9 Å². The van der Waals surface area contributed by atoms with Gasteiger partial charge in [0.1, 0.15) is 0 Å². The number of nitrogens with one attached hydrogen (secondary N) is 4. The van der Waals surface area contributed by atoms with E-state index in [4.69, 9.17) is 12.2 Å². The van der Waals surface area contributed by atoms with E-state index in [-0.39, 0.29) is 22.1 Å². The number of hydrazine groups is 1. The Hall–Kier alpha value is -5.24. The molecule has 0 heterocycles. The molecule has 0 saturated heterocycles. The number of non-ortho nitro benzene ring substituents is 2. The average Bonchev–Trinajstić information content (AvgIpc) is 2.87. The van der Waals surface area contributed by atoms with Gasteiger partial charge in [0.2, 0.25) is 0 Å². The third-order valence-corrected chi connectivity index (χ3v) is 4.75. The predicted molar refractivity (Wildman–Crippen MR) is 131 cm³/mol. The van der Waals surface area contributed by atoms with Crippen molar-refractivity contribution in [2.75, 3.05) is 5.32 Å². The molecule has 0 bridgehead atoms. The third kappa shape index (κ3) is 6.64. The molecule has 0 aliphatic rings. The highest BCUT2D eigenvalue weighted by Crippen LogP contribution is 2.22. The number of anilines is 1. The summed E-state index contributed by atoms with van der Waals surface area (Å²) in [7, 11) is 0. The molecule has 14 heteroatoms. The van der Waals surface area contributed by atoms with Crippen molar-refractivity contribution >= 4 is 52.1 Å². The van der Waals surface area contributed by atoms with Crippen molar-refractivity contribution in [3.63, 3.8) is 0 Å². The number of benzene rings is 3. The molecule has 0 aromatic heterocycles. The smallest absolute Gasteiger partial charge is 0.277 e. The maximum absolute atomic E-state index is 12.3. The number of nitro benzene ring substituents is 2. The van der Waals surface area contributed by atoms with Gasteiger partial charge in [-0.15, -0.1) is 0 Å². The normalized spacial score (nSPS) is 10.0. The van der Waals surface area contributed by atoms with Crippen molar-refractivity contribution in [3.05, 3.63) is 110 Å². The first kappa shape index (κ1) is 25.4. The molecule has 0 aliphatic carbocycles. The van der Waals surface area contributed by atoms with Gasteiger partial charge < -0.3 is 5.32 Å². The standard InChI is InChI=1S/C22H16N6O7S/c29-19(13-4-2-1-3-5-13)23-16-8-6-14(7-9-16)21(31)25-26-22(36)24-20(30)15-10-17(27(32)33)12-18(11-15)28(34)35/h1-12H,(H,23,29)(H,25,31)(H2,24,26,30,36). The van der Waals surface area contributed by atoms with Crippen LogP contribution in [0.25, 0.3) is 0 Å². The Bertz CT molecular complexity index is 1330. The van der Waals surface area contributed by atoms with Gasteiger partial charge in [-0.1, -0.05) is 18.2 Å². The number of hydrogen-bond acceptors (Lipinski definition) is 8. The molecule has 0 fully saturated rings. The third-order valence-electron chi connectivity index (χ3n) is 4.54. The van der Waals surface area contributed by atoms with Gasteiger partial charge in [-0.05, 0) is 48.6 Å². The number of hydrogen-bond donors (Lipinski definition) is 4. The largest absolute Gasteiger partial charge is 0.322 e. The highest BCUT2D eigenvalue weighted by molar-refractivity contribution is 7.80. The van der Waals surface area contributed by atoms with E-state index < -0.39 is 33.0 Å². The first-order chi connectivity index (χ1) is 17.1. The van der Waals surface area contributed by atoms with E-state index in [0.717, 1.165) is 12.1 Å². The van der Waals surface area contributed by atoms with Gasteiger partial charge in [-0.3, -0.25) is 50.8 Å². The number of carbonyl (C=O) groups excluding carboxylic acids is 3. The predicted octanol–water partition coefficient (Wildman–Crippen LogP) is 2.70. The molecule has 3 aromatic carbocycles. The van der Waals surface area contributed by atoms with Gasteiger partial charge in [0.25, 0.3) is 29.1 Å². The Morgan fingerprint density at radius 2 is 1.22 bits per heavy atom. The molecule has 0 spiro atoms. The Morgan fingerprint density at radius 1 is 0.667 bits per heavy atom. The number of thiocarbonyl (C=S) groups is 1. The average molecular weight is 508 g/mol. The van der Waals surface area contributed by atoms with Crippen LogP contribution in [0.3, 0.4) is 0 Å². The molecule has 182 valence electrons. The fourth-order valence-corrected chi connectivity index (χ4v) is 2.97. The number of carbonyl (C=O) groups is 3. The first-order valence-electron chi connectivity index (χ1n) is 9.96. The molecule has 0 aliphatic heterocycles. The summed E-state index contributed by atoms with van der Waals surface area (Å²) in [5.74, 6) is -1.91. The van der Waals surface area contributed by atoms with Crippen molar-refractivity contribution in [2.45, 2.75) is 0 Å². The summed E-state index contributed by atoms with van der Waals surface area (Å²) in [4.78, 5) is 57.0. The summed E-state index contributed by atoms with van der Waals surface area (Å²) in [5.41, 5.74) is 4.00. The van der Waals surface area contributed by atoms with Gasteiger partial charge in [-0.25, -0.2) is 0 Å². The molecule has 36 heavy (non-hydrogen) atoms. The summed E-state index contributed by atoms with van der Waals surface area (Å²) in [6.07, 6.45) is 0. The van der Waals surface area contributed by atoms with Crippen LogP contribution in [0.15, 0.2) is 72.8 Å². The molecular weight excluding hydrogens is 492 g/mol. The minimum atomic E-state index is -0.966. The topological polar surface area (TPSA) is 186 Å². The molecule has 13 nitrogen and oxygen atoms in total. The van der Waals surface area contributed by atoms with Gasteiger partial charge in [-0.2, -0.15) is 0 Å². The van der Waals surface area contributed by atoms with Crippen LogP contribution in [-0.2, 0) is 0 Å². The minimum Gasteiger partial charge on any atom is -0.322 e. The Morgan fingerprint density at radius 3 is 1.78 bits per heavy atom. The zero-order valence-corrected chi connectivity index (χ0v) is 18.9. The van der Waals surface area contributed by atoms with Crippen molar-refractivity contribution in [1.29, 1.82) is 0 Å². The zero-order valence-electron chi connectivity index (χ0n) is 18.1. The fraction of sp³-hybridized carbons (Fsp3) is 0. The fourth-order valence-electron chi connectivity index (χ4n) is 2.83. The highest BCUT2D eigenvalue weighted by Gasteiger charge is 2.20. The molecule has 0 atom stereocenters. The van der Waals surface area contributed by atoms with Gasteiger partial charge in [0.05, 0.1) is 21.5 Å². The molecule has 4 N–H and O–H groups in total. The van der Waals surface area contributed by atoms with E-state index in [1.807, 2.05) is 0 Å². The number of rotatable bonds is 6. The van der Waals surface area contributed by atoms with Crippen LogP contribution >= 0.6 is 12.2 Å². The summed E-state index contributed by atoms with van der Waals surface area (Å²) < 4.78 is 0.